The molecule has 0 unspecified atom stereocenters. The highest BCUT2D eigenvalue weighted by molar-refractivity contribution is 5.96. The molecule has 3 rings (SSSR count). The van der Waals surface area contributed by atoms with Crippen LogP contribution < -0.4 is 20.1 Å². The average Bonchev–Trinajstić information content (AvgIpc) is 3.15. The van der Waals surface area contributed by atoms with Crippen LogP contribution in [0.3, 0.4) is 0 Å². The van der Waals surface area contributed by atoms with Gasteiger partial charge < -0.3 is 24.8 Å². The Balaban J connectivity index is 1.43. The van der Waals surface area contributed by atoms with E-state index in [-0.39, 0.29) is 25.3 Å². The highest BCUT2D eigenvalue weighted by Crippen LogP contribution is 2.32. The van der Waals surface area contributed by atoms with E-state index in [2.05, 4.69) is 17.6 Å². The van der Waals surface area contributed by atoms with Crippen molar-refractivity contribution in [2.45, 2.75) is 51.7 Å². The number of benzene rings is 1. The van der Waals surface area contributed by atoms with Gasteiger partial charge in [-0.15, -0.1) is 0 Å². The fourth-order valence-electron chi connectivity index (χ4n) is 3.42. The summed E-state index contributed by atoms with van der Waals surface area (Å²) in [6, 6.07) is 4.88. The molecule has 1 aliphatic heterocycles. The van der Waals surface area contributed by atoms with Gasteiger partial charge in [0, 0.05) is 11.6 Å². The van der Waals surface area contributed by atoms with Crippen molar-refractivity contribution < 1.29 is 28.6 Å². The molecule has 152 valence electrons. The minimum absolute atomic E-state index is 0.117. The van der Waals surface area contributed by atoms with E-state index in [9.17, 15) is 14.4 Å². The monoisotopic (exact) mass is 390 g/mol. The van der Waals surface area contributed by atoms with Crippen LogP contribution >= 0.6 is 0 Å². The summed E-state index contributed by atoms with van der Waals surface area (Å²) in [6.07, 6.45) is 3.39. The fraction of sp³-hybridized carbons (Fsp3) is 0.550. The Bertz CT molecular complexity index is 750. The van der Waals surface area contributed by atoms with Crippen LogP contribution in [0.5, 0.6) is 11.5 Å². The number of carbonyl (C=O) groups excluding carboxylic acids is 3. The quantitative estimate of drug-likeness (QED) is 0.718. The fourth-order valence-corrected chi connectivity index (χ4v) is 3.42. The van der Waals surface area contributed by atoms with Gasteiger partial charge in [0.1, 0.15) is 6.54 Å². The van der Waals surface area contributed by atoms with Gasteiger partial charge in [0.25, 0.3) is 11.8 Å². The molecule has 0 aromatic heterocycles. The first kappa shape index (κ1) is 20.0. The number of hydrogen-bond acceptors (Lipinski definition) is 6. The molecule has 1 heterocycles. The summed E-state index contributed by atoms with van der Waals surface area (Å²) in [5.41, 5.74) is 0.342. The summed E-state index contributed by atoms with van der Waals surface area (Å²) in [5, 5.41) is 5.44. The molecule has 1 aromatic rings. The van der Waals surface area contributed by atoms with Crippen molar-refractivity contribution in [3.63, 3.8) is 0 Å². The second kappa shape index (κ2) is 8.95. The molecule has 2 aliphatic rings. The predicted molar refractivity (Wildman–Crippen MR) is 100 cm³/mol. The van der Waals surface area contributed by atoms with Gasteiger partial charge in [0.2, 0.25) is 6.79 Å². The number of amides is 2. The van der Waals surface area contributed by atoms with Gasteiger partial charge in [0.15, 0.2) is 17.6 Å². The lowest BCUT2D eigenvalue weighted by molar-refractivity contribution is -0.154. The Morgan fingerprint density at radius 2 is 1.93 bits per heavy atom. The molecule has 28 heavy (non-hydrogen) atoms. The number of fused-ring (bicyclic) bond motifs is 1. The minimum atomic E-state index is -0.913. The zero-order valence-electron chi connectivity index (χ0n) is 16.2. The summed E-state index contributed by atoms with van der Waals surface area (Å²) in [6.45, 7) is 3.43. The third kappa shape index (κ3) is 4.94. The highest BCUT2D eigenvalue weighted by Gasteiger charge is 2.26. The standard InChI is InChI=1S/C20H26N2O6/c1-12-5-3-4-6-15(12)22-19(24)13(2)28-18(23)10-21-20(25)14-7-8-16-17(9-14)27-11-26-16/h7-9,12-13,15H,3-6,10-11H2,1-2H3,(H,21,25)(H,22,24)/t12-,13+,15+/m0/s1. The van der Waals surface area contributed by atoms with E-state index in [0.717, 1.165) is 19.3 Å². The third-order valence-corrected chi connectivity index (χ3v) is 5.14. The molecule has 3 atom stereocenters. The Morgan fingerprint density at radius 1 is 1.18 bits per heavy atom. The van der Waals surface area contributed by atoms with Gasteiger partial charge in [-0.3, -0.25) is 14.4 Å². The van der Waals surface area contributed by atoms with E-state index in [1.54, 1.807) is 18.2 Å². The predicted octanol–water partition coefficient (Wildman–Crippen LogP) is 1.77. The van der Waals surface area contributed by atoms with E-state index in [1.165, 1.54) is 13.3 Å². The molecule has 1 aliphatic carbocycles. The van der Waals surface area contributed by atoms with Crippen LogP contribution in [0.4, 0.5) is 0 Å². The van der Waals surface area contributed by atoms with Crippen LogP contribution in [0.25, 0.3) is 0 Å². The lowest BCUT2D eigenvalue weighted by atomic mass is 9.86. The van der Waals surface area contributed by atoms with Gasteiger partial charge >= 0.3 is 5.97 Å². The summed E-state index contributed by atoms with van der Waals surface area (Å²) in [4.78, 5) is 36.4. The lowest BCUT2D eigenvalue weighted by Gasteiger charge is -2.30. The summed E-state index contributed by atoms with van der Waals surface area (Å²) >= 11 is 0. The lowest BCUT2D eigenvalue weighted by Crippen LogP contribution is -2.46. The van der Waals surface area contributed by atoms with Gasteiger partial charge in [-0.25, -0.2) is 0 Å². The van der Waals surface area contributed by atoms with Crippen molar-refractivity contribution in [2.75, 3.05) is 13.3 Å². The number of rotatable bonds is 6. The number of esters is 1. The molecule has 8 nitrogen and oxygen atoms in total. The zero-order chi connectivity index (χ0) is 20.1. The maximum Gasteiger partial charge on any atom is 0.326 e. The largest absolute Gasteiger partial charge is 0.454 e. The van der Waals surface area contributed by atoms with Crippen molar-refractivity contribution in [1.29, 1.82) is 0 Å². The maximum absolute atomic E-state index is 12.3. The molecule has 1 aromatic carbocycles. The van der Waals surface area contributed by atoms with Crippen LogP contribution in [0.2, 0.25) is 0 Å². The third-order valence-electron chi connectivity index (χ3n) is 5.14. The first-order chi connectivity index (χ1) is 13.4. The Kier molecular flexibility index (Phi) is 6.38. The Hall–Kier alpha value is -2.77. The number of nitrogens with one attached hydrogen (secondary N) is 2. The molecule has 2 N–H and O–H groups in total. The van der Waals surface area contributed by atoms with Gasteiger partial charge in [-0.2, -0.15) is 0 Å². The number of ether oxygens (including phenoxy) is 3. The van der Waals surface area contributed by atoms with Crippen molar-refractivity contribution in [2.24, 2.45) is 5.92 Å². The van der Waals surface area contributed by atoms with E-state index in [1.807, 2.05) is 0 Å². The van der Waals surface area contributed by atoms with Gasteiger partial charge in [-0.1, -0.05) is 19.8 Å². The first-order valence-electron chi connectivity index (χ1n) is 9.61. The molecular formula is C20H26N2O6. The van der Waals surface area contributed by atoms with Crippen molar-refractivity contribution in [1.82, 2.24) is 10.6 Å². The van der Waals surface area contributed by atoms with E-state index < -0.39 is 18.0 Å². The number of carbonyl (C=O) groups is 3. The van der Waals surface area contributed by atoms with E-state index in [0.29, 0.717) is 23.0 Å². The Labute approximate surface area is 163 Å². The molecule has 0 saturated heterocycles. The van der Waals surface area contributed by atoms with Crippen LogP contribution in [0.1, 0.15) is 49.9 Å². The Morgan fingerprint density at radius 3 is 2.71 bits per heavy atom. The smallest absolute Gasteiger partial charge is 0.326 e. The van der Waals surface area contributed by atoms with Crippen LogP contribution in [-0.4, -0.2) is 43.3 Å². The number of hydrogen-bond donors (Lipinski definition) is 2. The minimum Gasteiger partial charge on any atom is -0.454 e. The molecule has 2 amide bonds. The van der Waals surface area contributed by atoms with Crippen LogP contribution in [-0.2, 0) is 14.3 Å². The van der Waals surface area contributed by atoms with Gasteiger partial charge in [0.05, 0.1) is 0 Å². The molecular weight excluding hydrogens is 364 g/mol. The van der Waals surface area contributed by atoms with Gasteiger partial charge in [-0.05, 0) is 43.9 Å². The van der Waals surface area contributed by atoms with Crippen molar-refractivity contribution in [3.05, 3.63) is 23.8 Å². The molecule has 0 bridgehead atoms. The van der Waals surface area contributed by atoms with Crippen molar-refractivity contribution in [3.8, 4) is 11.5 Å². The topological polar surface area (TPSA) is 103 Å². The SMILES string of the molecule is C[C@@H](OC(=O)CNC(=O)c1ccc2c(c1)OCO2)C(=O)N[C@@H]1CCCC[C@@H]1C. The highest BCUT2D eigenvalue weighted by atomic mass is 16.7. The van der Waals surface area contributed by atoms with Crippen LogP contribution in [0.15, 0.2) is 18.2 Å². The van der Waals surface area contributed by atoms with Crippen molar-refractivity contribution >= 4 is 17.8 Å². The molecule has 0 radical (unpaired) electrons. The van der Waals surface area contributed by atoms with E-state index in [4.69, 9.17) is 14.2 Å². The molecule has 0 spiro atoms. The van der Waals surface area contributed by atoms with Crippen LogP contribution in [0, 0.1) is 5.92 Å². The van der Waals surface area contributed by atoms with E-state index >= 15 is 0 Å². The maximum atomic E-state index is 12.3. The summed E-state index contributed by atoms with van der Waals surface area (Å²) < 4.78 is 15.6. The second-order valence-corrected chi connectivity index (χ2v) is 7.26. The molecule has 1 fully saturated rings. The summed E-state index contributed by atoms with van der Waals surface area (Å²) in [7, 11) is 0. The zero-order valence-corrected chi connectivity index (χ0v) is 16.2. The normalized spacial score (nSPS) is 21.5. The first-order valence-corrected chi connectivity index (χ1v) is 9.61. The molecule has 8 heteroatoms. The molecule has 1 saturated carbocycles. The average molecular weight is 390 g/mol. The second-order valence-electron chi connectivity index (χ2n) is 7.26. The summed E-state index contributed by atoms with van der Waals surface area (Å²) in [5.74, 6) is 0.0492.